The van der Waals surface area contributed by atoms with Crippen molar-refractivity contribution in [3.63, 3.8) is 0 Å². The van der Waals surface area contributed by atoms with Gasteiger partial charge in [0.15, 0.2) is 0 Å². The quantitative estimate of drug-likeness (QED) is 0.652. The lowest BCUT2D eigenvalue weighted by Crippen LogP contribution is -2.26. The highest BCUT2D eigenvalue weighted by molar-refractivity contribution is 7.89. The van der Waals surface area contributed by atoms with Gasteiger partial charge in [0.2, 0.25) is 10.0 Å². The molecule has 0 aliphatic carbocycles. The molecule has 0 atom stereocenters. The first kappa shape index (κ1) is 14.3. The van der Waals surface area contributed by atoms with Gasteiger partial charge < -0.3 is 10.8 Å². The summed E-state index contributed by atoms with van der Waals surface area (Å²) in [5, 5.41) is 9.34. The maximum absolute atomic E-state index is 12.4. The first-order chi connectivity index (χ1) is 9.41. The van der Waals surface area contributed by atoms with Crippen LogP contribution in [0.3, 0.4) is 0 Å². The van der Waals surface area contributed by atoms with Crippen molar-refractivity contribution in [3.05, 3.63) is 48.3 Å². The van der Waals surface area contributed by atoms with Crippen LogP contribution in [0.4, 0.5) is 5.69 Å². The second kappa shape index (κ2) is 5.48. The number of benzene rings is 1. The number of rotatable bonds is 4. The van der Waals surface area contributed by atoms with E-state index in [1.165, 1.54) is 29.6 Å². The number of sulfonamides is 1. The molecular weight excluding hydrogens is 278 g/mol. The molecule has 0 amide bonds. The molecular formula is C13H15N3O3S. The van der Waals surface area contributed by atoms with E-state index in [9.17, 15) is 13.5 Å². The summed E-state index contributed by atoms with van der Waals surface area (Å²) in [7, 11) is -2.21. The van der Waals surface area contributed by atoms with E-state index in [0.29, 0.717) is 5.69 Å². The Morgan fingerprint density at radius 3 is 2.65 bits per heavy atom. The highest BCUT2D eigenvalue weighted by Crippen LogP contribution is 2.25. The zero-order valence-corrected chi connectivity index (χ0v) is 11.7. The monoisotopic (exact) mass is 293 g/mol. The normalized spacial score (nSPS) is 11.7. The Bertz CT molecular complexity index is 702. The number of pyridine rings is 1. The molecule has 3 N–H and O–H groups in total. The van der Waals surface area contributed by atoms with Crippen LogP contribution in [0.2, 0.25) is 0 Å². The van der Waals surface area contributed by atoms with Crippen LogP contribution in [-0.2, 0) is 16.6 Å². The van der Waals surface area contributed by atoms with Gasteiger partial charge in [0.05, 0.1) is 22.8 Å². The minimum absolute atomic E-state index is 0.0253. The smallest absolute Gasteiger partial charge is 0.243 e. The highest BCUT2D eigenvalue weighted by atomic mass is 32.2. The number of phenolic OH excluding ortho intramolecular Hbond substituents is 1. The molecule has 0 saturated heterocycles. The number of nitrogens with zero attached hydrogens (tertiary/aromatic N) is 2. The number of nitrogen functional groups attached to an aromatic ring is 1. The van der Waals surface area contributed by atoms with Crippen molar-refractivity contribution in [2.24, 2.45) is 0 Å². The molecule has 0 radical (unpaired) electrons. The number of aromatic nitrogens is 1. The van der Waals surface area contributed by atoms with Gasteiger partial charge in [0.1, 0.15) is 5.75 Å². The Kier molecular flexibility index (Phi) is 3.91. The van der Waals surface area contributed by atoms with Gasteiger partial charge in [0.25, 0.3) is 0 Å². The molecule has 2 rings (SSSR count). The van der Waals surface area contributed by atoms with E-state index in [-0.39, 0.29) is 22.9 Å². The molecule has 0 saturated carbocycles. The minimum Gasteiger partial charge on any atom is -0.506 e. The van der Waals surface area contributed by atoms with Gasteiger partial charge in [-0.05, 0) is 30.3 Å². The van der Waals surface area contributed by atoms with E-state index in [4.69, 9.17) is 5.73 Å². The minimum atomic E-state index is -3.67. The summed E-state index contributed by atoms with van der Waals surface area (Å²) < 4.78 is 25.9. The van der Waals surface area contributed by atoms with Gasteiger partial charge in [-0.2, -0.15) is 4.31 Å². The van der Waals surface area contributed by atoms with E-state index in [1.807, 2.05) is 0 Å². The van der Waals surface area contributed by atoms with Crippen molar-refractivity contribution in [3.8, 4) is 5.75 Å². The van der Waals surface area contributed by atoms with Gasteiger partial charge >= 0.3 is 0 Å². The fraction of sp³-hybridized carbons (Fsp3) is 0.154. The van der Waals surface area contributed by atoms with Crippen LogP contribution < -0.4 is 5.73 Å². The van der Waals surface area contributed by atoms with Crippen LogP contribution in [0.5, 0.6) is 5.75 Å². The summed E-state index contributed by atoms with van der Waals surface area (Å²) in [6, 6.07) is 9.11. The Balaban J connectivity index is 2.27. The average molecular weight is 293 g/mol. The molecule has 20 heavy (non-hydrogen) atoms. The molecule has 2 aromatic rings. The zero-order valence-electron chi connectivity index (χ0n) is 10.9. The number of phenols is 1. The zero-order chi connectivity index (χ0) is 14.8. The molecule has 1 aromatic heterocycles. The van der Waals surface area contributed by atoms with Crippen LogP contribution >= 0.6 is 0 Å². The SMILES string of the molecule is CN(Cc1ccccn1)S(=O)(=O)c1ccc(O)c(N)c1. The van der Waals surface area contributed by atoms with Crippen molar-refractivity contribution in [2.75, 3.05) is 12.8 Å². The fourth-order valence-electron chi connectivity index (χ4n) is 1.68. The number of hydrogen-bond acceptors (Lipinski definition) is 5. The molecule has 0 aliphatic heterocycles. The van der Waals surface area contributed by atoms with Crippen molar-refractivity contribution in [2.45, 2.75) is 11.4 Å². The summed E-state index contributed by atoms with van der Waals surface area (Å²) in [5.41, 5.74) is 6.19. The lowest BCUT2D eigenvalue weighted by molar-refractivity contribution is 0.461. The van der Waals surface area contributed by atoms with Crippen LogP contribution in [0, 0.1) is 0 Å². The number of nitrogens with two attached hydrogens (primary N) is 1. The molecule has 6 nitrogen and oxygen atoms in total. The maximum Gasteiger partial charge on any atom is 0.243 e. The van der Waals surface area contributed by atoms with Crippen LogP contribution in [0.25, 0.3) is 0 Å². The number of anilines is 1. The Labute approximate surface area is 117 Å². The molecule has 7 heteroatoms. The van der Waals surface area contributed by atoms with Crippen LogP contribution in [0.15, 0.2) is 47.5 Å². The summed E-state index contributed by atoms with van der Waals surface area (Å²) in [6.45, 7) is 0.157. The predicted octanol–water partition coefficient (Wildman–Crippen LogP) is 1.19. The van der Waals surface area contributed by atoms with Gasteiger partial charge in [-0.1, -0.05) is 6.07 Å². The molecule has 0 bridgehead atoms. The lowest BCUT2D eigenvalue weighted by Gasteiger charge is -2.17. The third kappa shape index (κ3) is 2.89. The highest BCUT2D eigenvalue weighted by Gasteiger charge is 2.22. The third-order valence-electron chi connectivity index (χ3n) is 2.82. The molecule has 106 valence electrons. The average Bonchev–Trinajstić information content (AvgIpc) is 2.42. The van der Waals surface area contributed by atoms with Gasteiger partial charge in [-0.3, -0.25) is 4.98 Å². The Morgan fingerprint density at radius 2 is 2.05 bits per heavy atom. The van der Waals surface area contributed by atoms with Gasteiger partial charge in [-0.25, -0.2) is 8.42 Å². The molecule has 0 fully saturated rings. The first-order valence-electron chi connectivity index (χ1n) is 5.86. The molecule has 0 unspecified atom stereocenters. The fourth-order valence-corrected chi connectivity index (χ4v) is 2.86. The Morgan fingerprint density at radius 1 is 1.30 bits per heavy atom. The number of hydrogen-bond donors (Lipinski definition) is 2. The summed E-state index contributed by atoms with van der Waals surface area (Å²) in [6.07, 6.45) is 1.61. The van der Waals surface area contributed by atoms with E-state index < -0.39 is 10.0 Å². The van der Waals surface area contributed by atoms with E-state index >= 15 is 0 Å². The lowest BCUT2D eigenvalue weighted by atomic mass is 10.3. The molecule has 0 aliphatic rings. The maximum atomic E-state index is 12.4. The van der Waals surface area contributed by atoms with Gasteiger partial charge in [0, 0.05) is 13.2 Å². The van der Waals surface area contributed by atoms with Crippen LogP contribution in [0.1, 0.15) is 5.69 Å². The Hall–Kier alpha value is -2.12. The van der Waals surface area contributed by atoms with Gasteiger partial charge in [-0.15, -0.1) is 0 Å². The van der Waals surface area contributed by atoms with Crippen molar-refractivity contribution in [1.29, 1.82) is 0 Å². The topological polar surface area (TPSA) is 96.5 Å². The van der Waals surface area contributed by atoms with E-state index in [1.54, 1.807) is 24.4 Å². The van der Waals surface area contributed by atoms with Crippen molar-refractivity contribution >= 4 is 15.7 Å². The molecule has 1 heterocycles. The molecule has 1 aromatic carbocycles. The summed E-state index contributed by atoms with van der Waals surface area (Å²) in [5.74, 6) is -0.142. The second-order valence-corrected chi connectivity index (χ2v) is 6.35. The predicted molar refractivity (Wildman–Crippen MR) is 75.4 cm³/mol. The first-order valence-corrected chi connectivity index (χ1v) is 7.30. The third-order valence-corrected chi connectivity index (χ3v) is 4.62. The van der Waals surface area contributed by atoms with E-state index in [0.717, 1.165) is 0 Å². The summed E-state index contributed by atoms with van der Waals surface area (Å²) in [4.78, 5) is 4.12. The summed E-state index contributed by atoms with van der Waals surface area (Å²) >= 11 is 0. The van der Waals surface area contributed by atoms with Crippen molar-refractivity contribution < 1.29 is 13.5 Å². The van der Waals surface area contributed by atoms with Crippen molar-refractivity contribution in [1.82, 2.24) is 9.29 Å². The molecule has 0 spiro atoms. The van der Waals surface area contributed by atoms with Crippen LogP contribution in [-0.4, -0.2) is 29.9 Å². The number of aromatic hydroxyl groups is 1. The standard InChI is InChI=1S/C13H15N3O3S/c1-16(9-10-4-2-3-7-15-10)20(18,19)11-5-6-13(17)12(14)8-11/h2-8,17H,9,14H2,1H3. The van der Waals surface area contributed by atoms with E-state index in [2.05, 4.69) is 4.98 Å². The largest absolute Gasteiger partial charge is 0.506 e. The second-order valence-electron chi connectivity index (χ2n) is 4.30.